The van der Waals surface area contributed by atoms with Crippen molar-refractivity contribution in [3.63, 3.8) is 0 Å². The van der Waals surface area contributed by atoms with Gasteiger partial charge in [-0.2, -0.15) is 13.2 Å². The van der Waals surface area contributed by atoms with E-state index in [-0.39, 0.29) is 23.6 Å². The number of imidazole rings is 1. The lowest BCUT2D eigenvalue weighted by Crippen LogP contribution is -2.44. The summed E-state index contributed by atoms with van der Waals surface area (Å²) < 4.78 is 49.0. The second-order valence-corrected chi connectivity index (χ2v) is 8.64. The highest BCUT2D eigenvalue weighted by Crippen LogP contribution is 2.35. The van der Waals surface area contributed by atoms with Crippen LogP contribution in [0.15, 0.2) is 65.3 Å². The molecule has 0 bridgehead atoms. The minimum Gasteiger partial charge on any atom is -0.449 e. The van der Waals surface area contributed by atoms with Crippen molar-refractivity contribution in [3.8, 4) is 11.5 Å². The minimum atomic E-state index is -4.54. The molecule has 4 aromatic rings. The van der Waals surface area contributed by atoms with Gasteiger partial charge in [-0.15, -0.1) is 0 Å². The number of furan rings is 1. The van der Waals surface area contributed by atoms with E-state index in [4.69, 9.17) is 4.42 Å². The lowest BCUT2D eigenvalue weighted by atomic mass is 10.0. The molecule has 35 heavy (non-hydrogen) atoms. The zero-order valence-corrected chi connectivity index (χ0v) is 19.0. The first kappa shape index (κ1) is 23.1. The number of hydrogen-bond acceptors (Lipinski definition) is 5. The number of nitrogens with one attached hydrogen (secondary N) is 1. The average Bonchev–Trinajstić information content (AvgIpc) is 3.48. The molecule has 0 aliphatic carbocycles. The molecule has 7 nitrogen and oxygen atoms in total. The summed E-state index contributed by atoms with van der Waals surface area (Å²) in [6.45, 7) is 3.25. The Kier molecular flexibility index (Phi) is 6.08. The van der Waals surface area contributed by atoms with Gasteiger partial charge in [0.15, 0.2) is 11.5 Å². The number of aromatic nitrogens is 2. The molecule has 10 heteroatoms. The van der Waals surface area contributed by atoms with E-state index in [2.05, 4.69) is 15.2 Å². The van der Waals surface area contributed by atoms with Crippen molar-refractivity contribution in [2.24, 2.45) is 0 Å². The second-order valence-electron chi connectivity index (χ2n) is 8.64. The van der Waals surface area contributed by atoms with Crippen LogP contribution in [0.3, 0.4) is 0 Å². The maximum atomic E-state index is 13.8. The van der Waals surface area contributed by atoms with E-state index < -0.39 is 17.6 Å². The number of halogens is 3. The van der Waals surface area contributed by atoms with Gasteiger partial charge in [0.2, 0.25) is 0 Å². The fourth-order valence-electron chi connectivity index (χ4n) is 4.21. The number of rotatable bonds is 5. The molecule has 1 saturated heterocycles. The first-order chi connectivity index (χ1) is 16.8. The molecule has 182 valence electrons. The van der Waals surface area contributed by atoms with Gasteiger partial charge in [0.05, 0.1) is 11.8 Å². The van der Waals surface area contributed by atoms with Gasteiger partial charge < -0.3 is 14.6 Å². The van der Waals surface area contributed by atoms with Gasteiger partial charge >= 0.3 is 6.18 Å². The SMILES string of the molecule is CN1CCN(Cc2ccc(NC(=O)c3ccc(-c4cnc5ccccn45)o3)cc2C(F)(F)F)CC1. The fraction of sp³-hybridized carbons (Fsp3) is 0.280. The van der Waals surface area contributed by atoms with Gasteiger partial charge in [0, 0.05) is 44.6 Å². The normalized spacial score (nSPS) is 15.5. The highest BCUT2D eigenvalue weighted by molar-refractivity contribution is 6.02. The summed E-state index contributed by atoms with van der Waals surface area (Å²) in [6.07, 6.45) is -1.09. The molecule has 0 unspecified atom stereocenters. The first-order valence-corrected chi connectivity index (χ1v) is 11.2. The first-order valence-electron chi connectivity index (χ1n) is 11.2. The highest BCUT2D eigenvalue weighted by Gasteiger charge is 2.34. The second kappa shape index (κ2) is 9.20. The number of amides is 1. The standard InChI is InChI=1S/C25H24F3N5O2/c1-31-10-12-32(13-11-31)16-17-5-6-18(14-19(17)25(26,27)28)30-24(34)22-8-7-21(35-22)20-15-29-23-4-2-3-9-33(20)23/h2-9,14-15H,10-13,16H2,1H3,(H,30,34). The number of pyridine rings is 1. The zero-order valence-electron chi connectivity index (χ0n) is 19.0. The Balaban J connectivity index is 1.34. The monoisotopic (exact) mass is 483 g/mol. The predicted molar refractivity (Wildman–Crippen MR) is 125 cm³/mol. The Hall–Kier alpha value is -3.63. The number of benzene rings is 1. The van der Waals surface area contributed by atoms with E-state index in [9.17, 15) is 18.0 Å². The van der Waals surface area contributed by atoms with Crippen molar-refractivity contribution in [1.82, 2.24) is 19.2 Å². The number of alkyl halides is 3. The Morgan fingerprint density at radius 2 is 1.89 bits per heavy atom. The van der Waals surface area contributed by atoms with E-state index in [1.165, 1.54) is 18.2 Å². The highest BCUT2D eigenvalue weighted by atomic mass is 19.4. The van der Waals surface area contributed by atoms with Gasteiger partial charge in [-0.1, -0.05) is 12.1 Å². The van der Waals surface area contributed by atoms with Crippen LogP contribution in [0.25, 0.3) is 17.1 Å². The summed E-state index contributed by atoms with van der Waals surface area (Å²) in [4.78, 5) is 21.2. The van der Waals surface area contributed by atoms with Crippen LogP contribution in [0.5, 0.6) is 0 Å². The van der Waals surface area contributed by atoms with Crippen LogP contribution in [0.4, 0.5) is 18.9 Å². The van der Waals surface area contributed by atoms with Crippen molar-refractivity contribution in [2.75, 3.05) is 38.5 Å². The third kappa shape index (κ3) is 4.94. The number of piperazine rings is 1. The minimum absolute atomic E-state index is 0.0130. The number of likely N-dealkylation sites (N-methyl/N-ethyl adjacent to an activating group) is 1. The number of hydrogen-bond donors (Lipinski definition) is 1. The van der Waals surface area contributed by atoms with E-state index in [1.807, 2.05) is 40.7 Å². The molecule has 0 atom stereocenters. The van der Waals surface area contributed by atoms with Crippen molar-refractivity contribution in [2.45, 2.75) is 12.7 Å². The van der Waals surface area contributed by atoms with Gasteiger partial charge in [-0.25, -0.2) is 4.98 Å². The molecule has 4 heterocycles. The molecule has 1 aliphatic heterocycles. The third-order valence-corrected chi connectivity index (χ3v) is 6.16. The molecule has 5 rings (SSSR count). The number of anilines is 1. The quantitative estimate of drug-likeness (QED) is 0.449. The third-order valence-electron chi connectivity index (χ3n) is 6.16. The Labute approximate surface area is 199 Å². The Morgan fingerprint density at radius 1 is 1.09 bits per heavy atom. The molecule has 1 fully saturated rings. The predicted octanol–water partition coefficient (Wildman–Crippen LogP) is 4.61. The molecule has 0 saturated carbocycles. The maximum absolute atomic E-state index is 13.8. The van der Waals surface area contributed by atoms with Crippen LogP contribution < -0.4 is 5.32 Å². The lowest BCUT2D eigenvalue weighted by Gasteiger charge is -2.33. The van der Waals surface area contributed by atoms with Crippen LogP contribution in [0, 0.1) is 0 Å². The van der Waals surface area contributed by atoms with E-state index in [0.717, 1.165) is 24.8 Å². The number of carbonyl (C=O) groups excluding carboxylic acids is 1. The molecule has 3 aromatic heterocycles. The van der Waals surface area contributed by atoms with Gasteiger partial charge in [-0.05, 0) is 49.0 Å². The summed E-state index contributed by atoms with van der Waals surface area (Å²) in [6, 6.07) is 12.6. The summed E-state index contributed by atoms with van der Waals surface area (Å²) in [7, 11) is 2.00. The van der Waals surface area contributed by atoms with Crippen LogP contribution in [-0.2, 0) is 12.7 Å². The largest absolute Gasteiger partial charge is 0.449 e. The van der Waals surface area contributed by atoms with E-state index >= 15 is 0 Å². The number of fused-ring (bicyclic) bond motifs is 1. The molecule has 1 aliphatic rings. The van der Waals surface area contributed by atoms with Crippen LogP contribution in [0.1, 0.15) is 21.7 Å². The number of carbonyl (C=O) groups is 1. The molecular weight excluding hydrogens is 459 g/mol. The van der Waals surface area contributed by atoms with Crippen molar-refractivity contribution >= 4 is 17.2 Å². The molecule has 1 aromatic carbocycles. The summed E-state index contributed by atoms with van der Waals surface area (Å²) in [5.41, 5.74) is 0.874. The summed E-state index contributed by atoms with van der Waals surface area (Å²) in [5.74, 6) is -0.224. The van der Waals surface area contributed by atoms with Gasteiger partial charge in [-0.3, -0.25) is 14.1 Å². The summed E-state index contributed by atoms with van der Waals surface area (Å²) in [5, 5.41) is 2.53. The van der Waals surface area contributed by atoms with Gasteiger partial charge in [0.25, 0.3) is 5.91 Å². The molecule has 1 amide bonds. The topological polar surface area (TPSA) is 66.0 Å². The molecule has 1 N–H and O–H groups in total. The lowest BCUT2D eigenvalue weighted by molar-refractivity contribution is -0.138. The van der Waals surface area contributed by atoms with Gasteiger partial charge in [0.1, 0.15) is 11.3 Å². The van der Waals surface area contributed by atoms with Crippen molar-refractivity contribution < 1.29 is 22.4 Å². The van der Waals surface area contributed by atoms with E-state index in [0.29, 0.717) is 24.5 Å². The molecular formula is C25H24F3N5O2. The molecule has 0 spiro atoms. The van der Waals surface area contributed by atoms with Crippen LogP contribution in [0.2, 0.25) is 0 Å². The number of nitrogens with zero attached hydrogens (tertiary/aromatic N) is 4. The zero-order chi connectivity index (χ0) is 24.6. The van der Waals surface area contributed by atoms with E-state index in [1.54, 1.807) is 12.3 Å². The Bertz CT molecular complexity index is 1350. The van der Waals surface area contributed by atoms with Crippen LogP contribution in [-0.4, -0.2) is 58.3 Å². The fourth-order valence-corrected chi connectivity index (χ4v) is 4.21. The summed E-state index contributed by atoms with van der Waals surface area (Å²) >= 11 is 0. The smallest absolute Gasteiger partial charge is 0.416 e. The maximum Gasteiger partial charge on any atom is 0.416 e. The molecule has 0 radical (unpaired) electrons. The van der Waals surface area contributed by atoms with Crippen molar-refractivity contribution in [1.29, 1.82) is 0 Å². The van der Waals surface area contributed by atoms with Crippen LogP contribution >= 0.6 is 0 Å². The van der Waals surface area contributed by atoms with Crippen molar-refractivity contribution in [3.05, 3.63) is 77.8 Å². The average molecular weight is 483 g/mol. The Morgan fingerprint density at radius 3 is 2.66 bits per heavy atom.